The Morgan fingerprint density at radius 1 is 1.20 bits per heavy atom. The number of hydrogen-bond acceptors (Lipinski definition) is 3. The molecular formula is C17H32N2S. The summed E-state index contributed by atoms with van der Waals surface area (Å²) >= 11 is 2.00. The normalized spacial score (nSPS) is 34.5. The van der Waals surface area contributed by atoms with Gasteiger partial charge in [-0.15, -0.1) is 0 Å². The third-order valence-corrected chi connectivity index (χ3v) is 6.78. The fourth-order valence-electron chi connectivity index (χ4n) is 4.49. The van der Waals surface area contributed by atoms with Crippen LogP contribution in [0, 0.1) is 5.92 Å². The van der Waals surface area contributed by atoms with Crippen molar-refractivity contribution in [3.8, 4) is 0 Å². The molecule has 1 atom stereocenters. The van der Waals surface area contributed by atoms with Gasteiger partial charge in [0.05, 0.1) is 0 Å². The van der Waals surface area contributed by atoms with E-state index in [4.69, 9.17) is 0 Å². The van der Waals surface area contributed by atoms with Crippen LogP contribution in [0.5, 0.6) is 0 Å². The smallest absolute Gasteiger partial charge is 0.0334 e. The van der Waals surface area contributed by atoms with Crippen LogP contribution >= 0.6 is 11.8 Å². The Hall–Kier alpha value is 0.270. The maximum Gasteiger partial charge on any atom is 0.0334 e. The van der Waals surface area contributed by atoms with Crippen LogP contribution in [0.3, 0.4) is 0 Å². The van der Waals surface area contributed by atoms with Crippen LogP contribution in [0.25, 0.3) is 0 Å². The Kier molecular flexibility index (Phi) is 4.69. The van der Waals surface area contributed by atoms with Crippen LogP contribution in [0.2, 0.25) is 0 Å². The molecule has 3 rings (SSSR count). The van der Waals surface area contributed by atoms with Gasteiger partial charge in [0.25, 0.3) is 0 Å². The van der Waals surface area contributed by atoms with Crippen molar-refractivity contribution in [1.29, 1.82) is 0 Å². The van der Waals surface area contributed by atoms with Gasteiger partial charge in [-0.3, -0.25) is 4.90 Å². The van der Waals surface area contributed by atoms with Crippen LogP contribution in [-0.4, -0.2) is 47.6 Å². The molecule has 0 aromatic carbocycles. The highest BCUT2D eigenvalue weighted by Gasteiger charge is 2.51. The summed E-state index contributed by atoms with van der Waals surface area (Å²) in [6.07, 6.45) is 13.7. The predicted octanol–water partition coefficient (Wildman–Crippen LogP) is 3.52. The van der Waals surface area contributed by atoms with Gasteiger partial charge >= 0.3 is 0 Å². The summed E-state index contributed by atoms with van der Waals surface area (Å²) in [5, 5.41) is 4.02. The van der Waals surface area contributed by atoms with Gasteiger partial charge in [0.1, 0.15) is 0 Å². The fourth-order valence-corrected chi connectivity index (χ4v) is 4.90. The van der Waals surface area contributed by atoms with Gasteiger partial charge < -0.3 is 5.32 Å². The summed E-state index contributed by atoms with van der Waals surface area (Å²) < 4.78 is 0. The van der Waals surface area contributed by atoms with Gasteiger partial charge in [0.15, 0.2) is 0 Å². The Balaban J connectivity index is 1.67. The minimum atomic E-state index is 0.446. The van der Waals surface area contributed by atoms with E-state index in [9.17, 15) is 0 Å². The molecule has 1 spiro atoms. The van der Waals surface area contributed by atoms with E-state index in [1.165, 1.54) is 76.8 Å². The monoisotopic (exact) mass is 296 g/mol. The fraction of sp³-hybridized carbons (Fsp3) is 1.00. The standard InChI is InChI=1S/C17H32N2S/c1-16(15-7-8-15)13-18-17(9-4-3-5-10-17)14-19(16)11-6-12-20-2/h15,18H,3-14H2,1-2H3. The van der Waals surface area contributed by atoms with Crippen LogP contribution in [0.4, 0.5) is 0 Å². The number of nitrogens with one attached hydrogen (secondary N) is 1. The zero-order chi connectivity index (χ0) is 14.1. The van der Waals surface area contributed by atoms with Gasteiger partial charge in [-0.25, -0.2) is 0 Å². The molecule has 0 bridgehead atoms. The number of nitrogens with zero attached hydrogens (tertiary/aromatic N) is 1. The molecule has 2 nitrogen and oxygen atoms in total. The van der Waals surface area contributed by atoms with Crippen molar-refractivity contribution in [2.45, 2.75) is 69.4 Å². The van der Waals surface area contributed by atoms with Gasteiger partial charge in [-0.2, -0.15) is 11.8 Å². The second kappa shape index (κ2) is 6.18. The number of piperazine rings is 1. The second-order valence-corrected chi connectivity index (χ2v) is 8.58. The molecule has 3 fully saturated rings. The Labute approximate surface area is 129 Å². The molecule has 3 heteroatoms. The number of rotatable bonds is 5. The number of thioether (sulfide) groups is 1. The van der Waals surface area contributed by atoms with Gasteiger partial charge in [0, 0.05) is 24.2 Å². The molecule has 20 heavy (non-hydrogen) atoms. The minimum absolute atomic E-state index is 0.446. The second-order valence-electron chi connectivity index (χ2n) is 7.59. The van der Waals surface area contributed by atoms with Crippen molar-refractivity contribution in [2.24, 2.45) is 5.92 Å². The van der Waals surface area contributed by atoms with E-state index in [1.807, 2.05) is 11.8 Å². The van der Waals surface area contributed by atoms with E-state index >= 15 is 0 Å². The maximum atomic E-state index is 4.02. The molecule has 0 aromatic heterocycles. The first-order chi connectivity index (χ1) is 9.69. The van der Waals surface area contributed by atoms with Gasteiger partial charge in [-0.1, -0.05) is 19.3 Å². The zero-order valence-corrected chi connectivity index (χ0v) is 14.2. The Morgan fingerprint density at radius 3 is 2.60 bits per heavy atom. The summed E-state index contributed by atoms with van der Waals surface area (Å²) in [7, 11) is 0. The van der Waals surface area contributed by atoms with Crippen LogP contribution in [0.1, 0.15) is 58.3 Å². The zero-order valence-electron chi connectivity index (χ0n) is 13.4. The summed E-state index contributed by atoms with van der Waals surface area (Å²) in [4.78, 5) is 2.89. The topological polar surface area (TPSA) is 15.3 Å². The quantitative estimate of drug-likeness (QED) is 0.782. The molecule has 0 amide bonds. The molecule has 1 N–H and O–H groups in total. The predicted molar refractivity (Wildman–Crippen MR) is 89.5 cm³/mol. The summed E-state index contributed by atoms with van der Waals surface area (Å²) in [5.41, 5.74) is 0.910. The van der Waals surface area contributed by atoms with Crippen molar-refractivity contribution < 1.29 is 0 Å². The van der Waals surface area contributed by atoms with Crippen LogP contribution < -0.4 is 5.32 Å². The SMILES string of the molecule is CSCCCN1CC2(CCCCC2)NCC1(C)C1CC1. The summed E-state index contributed by atoms with van der Waals surface area (Å²) in [6.45, 7) is 6.40. The maximum absolute atomic E-state index is 4.02. The molecule has 1 unspecified atom stereocenters. The van der Waals surface area contributed by atoms with E-state index < -0.39 is 0 Å². The van der Waals surface area contributed by atoms with Crippen molar-refractivity contribution >= 4 is 11.8 Å². The van der Waals surface area contributed by atoms with E-state index in [0.717, 1.165) is 5.92 Å². The highest BCUT2D eigenvalue weighted by Crippen LogP contribution is 2.46. The third-order valence-electron chi connectivity index (χ3n) is 6.08. The molecule has 2 aliphatic carbocycles. The molecule has 0 radical (unpaired) electrons. The lowest BCUT2D eigenvalue weighted by molar-refractivity contribution is -0.0114. The molecule has 0 aromatic rings. The van der Waals surface area contributed by atoms with Crippen LogP contribution in [-0.2, 0) is 0 Å². The van der Waals surface area contributed by atoms with Crippen molar-refractivity contribution in [3.05, 3.63) is 0 Å². The van der Waals surface area contributed by atoms with Crippen molar-refractivity contribution in [1.82, 2.24) is 10.2 Å². The average Bonchev–Trinajstić information content (AvgIpc) is 3.29. The molecule has 2 saturated carbocycles. The Morgan fingerprint density at radius 2 is 1.95 bits per heavy atom. The molecule has 116 valence electrons. The average molecular weight is 297 g/mol. The first kappa shape index (κ1) is 15.2. The minimum Gasteiger partial charge on any atom is -0.308 e. The van der Waals surface area contributed by atoms with E-state index in [-0.39, 0.29) is 0 Å². The lowest BCUT2D eigenvalue weighted by Crippen LogP contribution is -2.70. The largest absolute Gasteiger partial charge is 0.308 e. The lowest BCUT2D eigenvalue weighted by Gasteiger charge is -2.55. The molecule has 1 aliphatic heterocycles. The summed E-state index contributed by atoms with van der Waals surface area (Å²) in [6, 6.07) is 0. The van der Waals surface area contributed by atoms with Crippen LogP contribution in [0.15, 0.2) is 0 Å². The first-order valence-electron chi connectivity index (χ1n) is 8.68. The molecule has 1 saturated heterocycles. The third kappa shape index (κ3) is 3.05. The Bertz CT molecular complexity index is 323. The summed E-state index contributed by atoms with van der Waals surface area (Å²) in [5.74, 6) is 2.28. The van der Waals surface area contributed by atoms with Gasteiger partial charge in [-0.05, 0) is 63.5 Å². The highest BCUT2D eigenvalue weighted by molar-refractivity contribution is 7.98. The van der Waals surface area contributed by atoms with Crippen molar-refractivity contribution in [3.63, 3.8) is 0 Å². The first-order valence-corrected chi connectivity index (χ1v) is 10.1. The molecule has 3 aliphatic rings. The van der Waals surface area contributed by atoms with Crippen molar-refractivity contribution in [2.75, 3.05) is 31.6 Å². The number of hydrogen-bond donors (Lipinski definition) is 1. The molecular weight excluding hydrogens is 264 g/mol. The van der Waals surface area contributed by atoms with E-state index in [2.05, 4.69) is 23.4 Å². The highest BCUT2D eigenvalue weighted by atomic mass is 32.2. The van der Waals surface area contributed by atoms with E-state index in [1.54, 1.807) is 0 Å². The molecule has 1 heterocycles. The van der Waals surface area contributed by atoms with Gasteiger partial charge in [0.2, 0.25) is 0 Å². The van der Waals surface area contributed by atoms with E-state index in [0.29, 0.717) is 11.1 Å². The lowest BCUT2D eigenvalue weighted by atomic mass is 9.76.